The molecule has 9 nitrogen and oxygen atoms in total. The summed E-state index contributed by atoms with van der Waals surface area (Å²) in [7, 11) is -3.75. The average Bonchev–Trinajstić information content (AvgIpc) is 2.74. The summed E-state index contributed by atoms with van der Waals surface area (Å²) in [5.74, 6) is -0.540. The molecule has 0 spiro atoms. The van der Waals surface area contributed by atoms with Gasteiger partial charge in [-0.15, -0.1) is 0 Å². The van der Waals surface area contributed by atoms with Gasteiger partial charge in [0.25, 0.3) is 5.91 Å². The highest BCUT2D eigenvalue weighted by molar-refractivity contribution is 7.89. The van der Waals surface area contributed by atoms with Crippen LogP contribution in [0.5, 0.6) is 0 Å². The molecular formula is C19H28N4O5S. The van der Waals surface area contributed by atoms with E-state index in [1.54, 1.807) is 0 Å². The molecule has 0 bridgehead atoms. The Morgan fingerprint density at radius 2 is 1.83 bits per heavy atom. The van der Waals surface area contributed by atoms with Crippen LogP contribution < -0.4 is 10.6 Å². The first-order chi connectivity index (χ1) is 14.0. The minimum atomic E-state index is -3.75. The molecule has 10 heteroatoms. The number of benzene rings is 1. The third-order valence-electron chi connectivity index (χ3n) is 5.05. The van der Waals surface area contributed by atoms with Gasteiger partial charge in [0, 0.05) is 38.3 Å². The van der Waals surface area contributed by atoms with E-state index in [1.807, 2.05) is 0 Å². The van der Waals surface area contributed by atoms with E-state index in [2.05, 4.69) is 15.5 Å². The molecule has 2 aliphatic heterocycles. The molecule has 2 saturated heterocycles. The molecular weight excluding hydrogens is 396 g/mol. The van der Waals surface area contributed by atoms with Gasteiger partial charge in [-0.25, -0.2) is 8.42 Å². The van der Waals surface area contributed by atoms with Crippen molar-refractivity contribution in [3.8, 4) is 0 Å². The molecule has 2 amide bonds. The van der Waals surface area contributed by atoms with Gasteiger partial charge < -0.3 is 15.4 Å². The number of piperazine rings is 1. The minimum Gasteiger partial charge on any atom is -0.379 e. The lowest BCUT2D eigenvalue weighted by Crippen LogP contribution is -2.49. The Labute approximate surface area is 171 Å². The number of morpholine rings is 1. The molecule has 29 heavy (non-hydrogen) atoms. The highest BCUT2D eigenvalue weighted by Gasteiger charge is 2.29. The number of nitrogens with one attached hydrogen (secondary N) is 2. The predicted octanol–water partition coefficient (Wildman–Crippen LogP) is -0.351. The number of ether oxygens (including phenoxy) is 1. The van der Waals surface area contributed by atoms with Gasteiger partial charge in [-0.2, -0.15) is 4.31 Å². The molecule has 0 aliphatic carbocycles. The third-order valence-corrected chi connectivity index (χ3v) is 6.91. The van der Waals surface area contributed by atoms with Crippen molar-refractivity contribution in [2.75, 3.05) is 59.0 Å². The van der Waals surface area contributed by atoms with Crippen LogP contribution in [-0.2, 0) is 19.6 Å². The van der Waals surface area contributed by atoms with Gasteiger partial charge in [0.15, 0.2) is 0 Å². The highest BCUT2D eigenvalue weighted by Crippen LogP contribution is 2.17. The second-order valence-corrected chi connectivity index (χ2v) is 9.07. The third kappa shape index (κ3) is 5.99. The number of amides is 2. The van der Waals surface area contributed by atoms with Gasteiger partial charge in [-0.05, 0) is 43.7 Å². The zero-order chi connectivity index (χ0) is 20.7. The monoisotopic (exact) mass is 424 g/mol. The zero-order valence-electron chi connectivity index (χ0n) is 16.4. The van der Waals surface area contributed by atoms with E-state index in [-0.39, 0.29) is 29.8 Å². The van der Waals surface area contributed by atoms with Gasteiger partial charge in [0.2, 0.25) is 15.9 Å². The maximum Gasteiger partial charge on any atom is 0.251 e. The summed E-state index contributed by atoms with van der Waals surface area (Å²) in [6, 6.07) is 5.82. The van der Waals surface area contributed by atoms with Crippen LogP contribution in [0.1, 0.15) is 23.2 Å². The van der Waals surface area contributed by atoms with Crippen LogP contribution in [-0.4, -0.2) is 88.5 Å². The Hall–Kier alpha value is -2.01. The van der Waals surface area contributed by atoms with E-state index in [1.165, 1.54) is 24.3 Å². The first-order valence-electron chi connectivity index (χ1n) is 9.92. The summed E-state index contributed by atoms with van der Waals surface area (Å²) in [6.07, 6.45) is 1.88. The Morgan fingerprint density at radius 3 is 2.52 bits per heavy atom. The van der Waals surface area contributed by atoms with Crippen LogP contribution >= 0.6 is 0 Å². The Balaban J connectivity index is 1.45. The zero-order valence-corrected chi connectivity index (χ0v) is 17.2. The molecule has 0 saturated carbocycles. The molecule has 2 fully saturated rings. The molecule has 0 radical (unpaired) electrons. The second kappa shape index (κ2) is 10.1. The van der Waals surface area contributed by atoms with Crippen LogP contribution in [0.4, 0.5) is 0 Å². The largest absolute Gasteiger partial charge is 0.379 e. The van der Waals surface area contributed by atoms with E-state index < -0.39 is 10.0 Å². The molecule has 0 unspecified atom stereocenters. The molecule has 1 aromatic rings. The van der Waals surface area contributed by atoms with Gasteiger partial charge in [-0.3, -0.25) is 14.5 Å². The maximum atomic E-state index is 12.6. The van der Waals surface area contributed by atoms with Gasteiger partial charge >= 0.3 is 0 Å². The quantitative estimate of drug-likeness (QED) is 0.553. The standard InChI is InChI=1S/C19H28N4O5S/c24-18-15-23(10-8-20-18)29(26,27)17-5-3-16(4-6-17)19(25)21-7-1-2-9-22-11-13-28-14-12-22/h3-6H,1-2,7-15H2,(H,20,24)(H,21,25). The number of carbonyl (C=O) groups excluding carboxylic acids is 2. The summed E-state index contributed by atoms with van der Waals surface area (Å²) < 4.78 is 31.7. The second-order valence-electron chi connectivity index (χ2n) is 7.13. The summed E-state index contributed by atoms with van der Waals surface area (Å²) in [4.78, 5) is 26.2. The fourth-order valence-corrected chi connectivity index (χ4v) is 4.73. The van der Waals surface area contributed by atoms with Crippen molar-refractivity contribution >= 4 is 21.8 Å². The lowest BCUT2D eigenvalue weighted by Gasteiger charge is -2.26. The molecule has 0 aromatic heterocycles. The SMILES string of the molecule is O=C1CN(S(=O)(=O)c2ccc(C(=O)NCCCCN3CCOCC3)cc2)CCN1. The number of rotatable bonds is 8. The van der Waals surface area contributed by atoms with Crippen molar-refractivity contribution in [1.82, 2.24) is 19.8 Å². The van der Waals surface area contributed by atoms with Crippen molar-refractivity contribution < 1.29 is 22.7 Å². The van der Waals surface area contributed by atoms with Crippen LogP contribution in [0.2, 0.25) is 0 Å². The number of hydrogen-bond acceptors (Lipinski definition) is 6. The average molecular weight is 425 g/mol. The number of unbranched alkanes of at least 4 members (excludes halogenated alkanes) is 1. The molecule has 2 N–H and O–H groups in total. The van der Waals surface area contributed by atoms with E-state index in [4.69, 9.17) is 4.74 Å². The summed E-state index contributed by atoms with van der Waals surface area (Å²) >= 11 is 0. The van der Waals surface area contributed by atoms with Crippen molar-refractivity contribution in [3.63, 3.8) is 0 Å². The van der Waals surface area contributed by atoms with E-state index in [0.29, 0.717) is 18.7 Å². The van der Waals surface area contributed by atoms with Gasteiger partial charge in [0.05, 0.1) is 24.7 Å². The lowest BCUT2D eigenvalue weighted by molar-refractivity contribution is -0.122. The van der Waals surface area contributed by atoms with Crippen LogP contribution in [0.3, 0.4) is 0 Å². The van der Waals surface area contributed by atoms with E-state index >= 15 is 0 Å². The van der Waals surface area contributed by atoms with E-state index in [0.717, 1.165) is 50.0 Å². The summed E-state index contributed by atoms with van der Waals surface area (Å²) in [5, 5.41) is 5.47. The molecule has 2 aliphatic rings. The Morgan fingerprint density at radius 1 is 1.10 bits per heavy atom. The van der Waals surface area contributed by atoms with Crippen molar-refractivity contribution in [2.24, 2.45) is 0 Å². The van der Waals surface area contributed by atoms with E-state index in [9.17, 15) is 18.0 Å². The number of nitrogens with zero attached hydrogens (tertiary/aromatic N) is 2. The molecule has 160 valence electrons. The molecule has 2 heterocycles. The van der Waals surface area contributed by atoms with Crippen molar-refractivity contribution in [1.29, 1.82) is 0 Å². The first kappa shape index (κ1) is 21.7. The molecule has 0 atom stereocenters. The number of sulfonamides is 1. The number of hydrogen-bond donors (Lipinski definition) is 2. The van der Waals surface area contributed by atoms with Crippen molar-refractivity contribution in [2.45, 2.75) is 17.7 Å². The predicted molar refractivity (Wildman–Crippen MR) is 107 cm³/mol. The molecule has 3 rings (SSSR count). The topological polar surface area (TPSA) is 108 Å². The van der Waals surface area contributed by atoms with Crippen LogP contribution in [0, 0.1) is 0 Å². The van der Waals surface area contributed by atoms with Crippen molar-refractivity contribution in [3.05, 3.63) is 29.8 Å². The maximum absolute atomic E-state index is 12.6. The Kier molecular flexibility index (Phi) is 7.59. The fourth-order valence-electron chi connectivity index (χ4n) is 3.34. The van der Waals surface area contributed by atoms with Crippen LogP contribution in [0.15, 0.2) is 29.2 Å². The van der Waals surface area contributed by atoms with Gasteiger partial charge in [0.1, 0.15) is 0 Å². The lowest BCUT2D eigenvalue weighted by atomic mass is 10.2. The normalized spacial score (nSPS) is 19.0. The first-order valence-corrected chi connectivity index (χ1v) is 11.4. The Bertz CT molecular complexity index is 806. The highest BCUT2D eigenvalue weighted by atomic mass is 32.2. The van der Waals surface area contributed by atoms with Gasteiger partial charge in [-0.1, -0.05) is 0 Å². The number of carbonyl (C=O) groups is 2. The van der Waals surface area contributed by atoms with Crippen LogP contribution in [0.25, 0.3) is 0 Å². The smallest absolute Gasteiger partial charge is 0.251 e. The minimum absolute atomic E-state index is 0.0780. The molecule has 1 aromatic carbocycles. The summed E-state index contributed by atoms with van der Waals surface area (Å²) in [6.45, 7) is 5.42. The summed E-state index contributed by atoms with van der Waals surface area (Å²) in [5.41, 5.74) is 0.411. The fraction of sp³-hybridized carbons (Fsp3) is 0.579.